The van der Waals surface area contributed by atoms with E-state index < -0.39 is 0 Å². The molecule has 2 aliphatic rings. The number of hydrogen-bond acceptors (Lipinski definition) is 2. The van der Waals surface area contributed by atoms with Crippen LogP contribution >= 0.6 is 0 Å². The van der Waals surface area contributed by atoms with Crippen LogP contribution in [0.4, 0.5) is 0 Å². The zero-order chi connectivity index (χ0) is 17.8. The topological polar surface area (TPSA) is 58.2 Å². The number of carbonyl (C=O) groups excluding carboxylic acids is 2. The molecular weight excluding hydrogens is 312 g/mol. The number of benzene rings is 1. The van der Waals surface area contributed by atoms with Crippen molar-refractivity contribution >= 4 is 11.8 Å². The Balaban J connectivity index is 1.43. The number of hydrogen-bond donors (Lipinski definition) is 2. The fourth-order valence-electron chi connectivity index (χ4n) is 4.32. The van der Waals surface area contributed by atoms with Gasteiger partial charge in [0.2, 0.25) is 5.91 Å². The second kappa shape index (κ2) is 8.03. The van der Waals surface area contributed by atoms with Crippen molar-refractivity contribution in [2.75, 3.05) is 0 Å². The highest BCUT2D eigenvalue weighted by Gasteiger charge is 2.39. The molecule has 2 fully saturated rings. The van der Waals surface area contributed by atoms with Gasteiger partial charge in [-0.2, -0.15) is 0 Å². The van der Waals surface area contributed by atoms with E-state index >= 15 is 0 Å². The van der Waals surface area contributed by atoms with Gasteiger partial charge in [-0.3, -0.25) is 9.59 Å². The predicted octanol–water partition coefficient (Wildman–Crippen LogP) is 3.66. The van der Waals surface area contributed by atoms with Crippen LogP contribution in [0.15, 0.2) is 24.3 Å². The van der Waals surface area contributed by atoms with Gasteiger partial charge in [0.25, 0.3) is 5.91 Å². The molecule has 0 spiro atoms. The van der Waals surface area contributed by atoms with Crippen molar-refractivity contribution in [1.29, 1.82) is 0 Å². The van der Waals surface area contributed by atoms with Gasteiger partial charge < -0.3 is 10.6 Å². The van der Waals surface area contributed by atoms with Crippen molar-refractivity contribution in [2.45, 2.75) is 65.0 Å². The van der Waals surface area contributed by atoms with E-state index in [9.17, 15) is 9.59 Å². The summed E-state index contributed by atoms with van der Waals surface area (Å²) < 4.78 is 0. The Morgan fingerprint density at radius 3 is 2.52 bits per heavy atom. The van der Waals surface area contributed by atoms with E-state index in [1.165, 1.54) is 25.7 Å². The Bertz CT molecular complexity index is 611. The smallest absolute Gasteiger partial charge is 0.251 e. The van der Waals surface area contributed by atoms with E-state index in [2.05, 4.69) is 10.6 Å². The van der Waals surface area contributed by atoms with Crippen LogP contribution in [0, 0.1) is 17.8 Å². The minimum absolute atomic E-state index is 0.0405. The molecule has 25 heavy (non-hydrogen) atoms. The molecule has 0 saturated heterocycles. The number of rotatable bonds is 7. The van der Waals surface area contributed by atoms with Gasteiger partial charge in [-0.15, -0.1) is 0 Å². The second-order valence-corrected chi connectivity index (χ2v) is 7.90. The summed E-state index contributed by atoms with van der Waals surface area (Å²) in [5.74, 6) is 2.40. The van der Waals surface area contributed by atoms with Crippen LogP contribution in [0.25, 0.3) is 0 Å². The van der Waals surface area contributed by atoms with Gasteiger partial charge in [0, 0.05) is 24.6 Å². The summed E-state index contributed by atoms with van der Waals surface area (Å²) in [6, 6.07) is 7.68. The van der Waals surface area contributed by atoms with E-state index in [4.69, 9.17) is 0 Å². The molecule has 2 saturated carbocycles. The molecule has 4 atom stereocenters. The zero-order valence-electron chi connectivity index (χ0n) is 15.4. The third-order valence-electron chi connectivity index (χ3n) is 6.03. The first kappa shape index (κ1) is 18.0. The molecule has 0 aliphatic heterocycles. The van der Waals surface area contributed by atoms with Crippen LogP contribution in [0.1, 0.15) is 68.3 Å². The maximum atomic E-state index is 12.2. The molecule has 3 rings (SSSR count). The Kier molecular flexibility index (Phi) is 5.77. The van der Waals surface area contributed by atoms with E-state index in [-0.39, 0.29) is 17.9 Å². The lowest BCUT2D eigenvalue weighted by Crippen LogP contribution is -2.31. The lowest BCUT2D eigenvalue weighted by Gasteiger charge is -2.20. The predicted molar refractivity (Wildman–Crippen MR) is 99.1 cm³/mol. The molecular formula is C21H30N2O2. The van der Waals surface area contributed by atoms with Gasteiger partial charge in [0.15, 0.2) is 0 Å². The molecule has 1 aromatic rings. The minimum atomic E-state index is -0.0405. The molecule has 2 amide bonds. The Labute approximate surface area is 150 Å². The van der Waals surface area contributed by atoms with E-state index in [0.29, 0.717) is 24.4 Å². The SMILES string of the molecule is CC[C@@H](C)NC(=O)c1ccc(CNC(=O)C[C@@H]2C[C@H]3CC[C@H]2C3)cc1. The van der Waals surface area contributed by atoms with Crippen LogP contribution in [0.5, 0.6) is 0 Å². The number of nitrogens with one attached hydrogen (secondary N) is 2. The first-order valence-corrected chi connectivity index (χ1v) is 9.71. The van der Waals surface area contributed by atoms with E-state index in [1.807, 2.05) is 38.1 Å². The highest BCUT2D eigenvalue weighted by Crippen LogP contribution is 2.49. The Morgan fingerprint density at radius 1 is 1.16 bits per heavy atom. The highest BCUT2D eigenvalue weighted by molar-refractivity contribution is 5.94. The van der Waals surface area contributed by atoms with Gasteiger partial charge in [-0.1, -0.05) is 25.5 Å². The fourth-order valence-corrected chi connectivity index (χ4v) is 4.32. The fraction of sp³-hybridized carbons (Fsp3) is 0.619. The summed E-state index contributed by atoms with van der Waals surface area (Å²) in [6.07, 6.45) is 6.88. The van der Waals surface area contributed by atoms with E-state index in [0.717, 1.165) is 23.8 Å². The number of fused-ring (bicyclic) bond motifs is 2. The average molecular weight is 342 g/mol. The molecule has 1 aromatic carbocycles. The lowest BCUT2D eigenvalue weighted by atomic mass is 9.86. The first-order chi connectivity index (χ1) is 12.0. The summed E-state index contributed by atoms with van der Waals surface area (Å²) in [5.41, 5.74) is 1.69. The lowest BCUT2D eigenvalue weighted by molar-refractivity contribution is -0.122. The van der Waals surface area contributed by atoms with Crippen molar-refractivity contribution in [2.24, 2.45) is 17.8 Å². The third-order valence-corrected chi connectivity index (χ3v) is 6.03. The number of amides is 2. The normalized spacial score (nSPS) is 25.6. The van der Waals surface area contributed by atoms with Crippen LogP contribution in [0.3, 0.4) is 0 Å². The molecule has 0 heterocycles. The summed E-state index contributed by atoms with van der Waals surface area (Å²) in [4.78, 5) is 24.3. The van der Waals surface area contributed by atoms with Crippen LogP contribution in [-0.2, 0) is 11.3 Å². The first-order valence-electron chi connectivity index (χ1n) is 9.71. The maximum Gasteiger partial charge on any atom is 0.251 e. The molecule has 4 heteroatoms. The standard InChI is InChI=1S/C21H30N2O2/c1-3-14(2)23-21(25)17-7-4-15(5-8-17)13-22-20(24)12-19-11-16-6-9-18(19)10-16/h4-5,7-8,14,16,18-19H,3,6,9-13H2,1-2H3,(H,22,24)(H,23,25)/t14-,16+,18+,19+/m1/s1. The van der Waals surface area contributed by atoms with Crippen LogP contribution in [-0.4, -0.2) is 17.9 Å². The molecule has 2 bridgehead atoms. The Hall–Kier alpha value is -1.84. The summed E-state index contributed by atoms with van der Waals surface area (Å²) >= 11 is 0. The Morgan fingerprint density at radius 2 is 1.92 bits per heavy atom. The molecule has 2 N–H and O–H groups in total. The monoisotopic (exact) mass is 342 g/mol. The minimum Gasteiger partial charge on any atom is -0.352 e. The molecule has 0 aromatic heterocycles. The van der Waals surface area contributed by atoms with Crippen molar-refractivity contribution in [3.63, 3.8) is 0 Å². The van der Waals surface area contributed by atoms with Gasteiger partial charge in [0.05, 0.1) is 0 Å². The van der Waals surface area contributed by atoms with Crippen molar-refractivity contribution < 1.29 is 9.59 Å². The number of carbonyl (C=O) groups is 2. The molecule has 4 nitrogen and oxygen atoms in total. The van der Waals surface area contributed by atoms with Gasteiger partial charge in [0.1, 0.15) is 0 Å². The van der Waals surface area contributed by atoms with Crippen molar-refractivity contribution in [3.05, 3.63) is 35.4 Å². The molecule has 2 aliphatic carbocycles. The molecule has 0 radical (unpaired) electrons. The van der Waals surface area contributed by atoms with E-state index in [1.54, 1.807) is 0 Å². The highest BCUT2D eigenvalue weighted by atomic mass is 16.2. The molecule has 0 unspecified atom stereocenters. The average Bonchev–Trinajstić information content (AvgIpc) is 3.23. The van der Waals surface area contributed by atoms with Gasteiger partial charge in [-0.25, -0.2) is 0 Å². The summed E-state index contributed by atoms with van der Waals surface area (Å²) in [7, 11) is 0. The summed E-state index contributed by atoms with van der Waals surface area (Å²) in [6.45, 7) is 4.58. The zero-order valence-corrected chi connectivity index (χ0v) is 15.4. The second-order valence-electron chi connectivity index (χ2n) is 7.90. The maximum absolute atomic E-state index is 12.2. The molecule has 136 valence electrons. The van der Waals surface area contributed by atoms with Gasteiger partial charge >= 0.3 is 0 Å². The van der Waals surface area contributed by atoms with Crippen LogP contribution < -0.4 is 10.6 Å². The quantitative estimate of drug-likeness (QED) is 0.794. The van der Waals surface area contributed by atoms with Gasteiger partial charge in [-0.05, 0) is 68.1 Å². The van der Waals surface area contributed by atoms with Crippen LogP contribution in [0.2, 0.25) is 0 Å². The van der Waals surface area contributed by atoms with Crippen molar-refractivity contribution in [3.8, 4) is 0 Å². The largest absolute Gasteiger partial charge is 0.352 e. The summed E-state index contributed by atoms with van der Waals surface area (Å²) in [5, 5.41) is 6.00. The van der Waals surface area contributed by atoms with Crippen molar-refractivity contribution in [1.82, 2.24) is 10.6 Å². The third kappa shape index (κ3) is 4.62.